The Morgan fingerprint density at radius 3 is 2.30 bits per heavy atom. The molecule has 8 N–H and O–H groups in total. The lowest BCUT2D eigenvalue weighted by Gasteiger charge is -2.37. The number of amides is 4. The van der Waals surface area contributed by atoms with Crippen LogP contribution in [-0.4, -0.2) is 100 Å². The van der Waals surface area contributed by atoms with Crippen LogP contribution in [0.4, 0.5) is 0 Å². The van der Waals surface area contributed by atoms with E-state index in [1.165, 1.54) is 11.8 Å². The summed E-state index contributed by atoms with van der Waals surface area (Å²) in [6.45, 7) is 3.59. The van der Waals surface area contributed by atoms with Crippen molar-refractivity contribution in [1.29, 1.82) is 0 Å². The standard InChI is InChI=1S/C28H44N6O7S2/c1-17(2)12-20-25(38)31-21(13-35)26(39)32-22(24(29)37)16-43-15-19-5-3-4-18(30-19)14-42-11-6-23(36)34-28(27(40)33-20)7-9-41-10-8-28/h3-5,17,20-22,24,35,37H,6-16,29H2,1-2H3,(H,31,38)(H,32,39)(H,33,40)(H,34,36)/t20-,21-,22-,24?/m0/s1. The number of ether oxygens (including phenoxy) is 1. The quantitative estimate of drug-likeness (QED) is 0.207. The average molecular weight is 641 g/mol. The maximum Gasteiger partial charge on any atom is 0.246 e. The Morgan fingerprint density at radius 1 is 1.02 bits per heavy atom. The number of nitrogens with zero attached hydrogens (tertiary/aromatic N) is 1. The molecule has 0 radical (unpaired) electrons. The Kier molecular flexibility index (Phi) is 14.0. The van der Waals surface area contributed by atoms with Gasteiger partial charge in [0.05, 0.1) is 24.0 Å². The van der Waals surface area contributed by atoms with Crippen molar-refractivity contribution in [3.63, 3.8) is 0 Å². The second-order valence-corrected chi connectivity index (χ2v) is 13.3. The van der Waals surface area contributed by atoms with Crippen LogP contribution in [0.15, 0.2) is 18.2 Å². The lowest BCUT2D eigenvalue weighted by molar-refractivity contribution is -0.140. The summed E-state index contributed by atoms with van der Waals surface area (Å²) in [5.41, 5.74) is 6.14. The highest BCUT2D eigenvalue weighted by molar-refractivity contribution is 7.98. The maximum absolute atomic E-state index is 13.7. The minimum Gasteiger partial charge on any atom is -0.394 e. The highest BCUT2D eigenvalue weighted by Crippen LogP contribution is 2.23. The van der Waals surface area contributed by atoms with Crippen LogP contribution in [0.3, 0.4) is 0 Å². The molecule has 4 amide bonds. The molecule has 2 aliphatic rings. The zero-order valence-electron chi connectivity index (χ0n) is 24.7. The number of rotatable bonds is 4. The van der Waals surface area contributed by atoms with Gasteiger partial charge in [-0.05, 0) is 24.5 Å². The van der Waals surface area contributed by atoms with Crippen molar-refractivity contribution in [2.24, 2.45) is 11.7 Å². The number of carbonyl (C=O) groups is 4. The second kappa shape index (κ2) is 17.2. The van der Waals surface area contributed by atoms with E-state index in [4.69, 9.17) is 10.5 Å². The van der Waals surface area contributed by atoms with Crippen LogP contribution in [0.1, 0.15) is 50.9 Å². The topological polar surface area (TPSA) is 205 Å². The van der Waals surface area contributed by atoms with Gasteiger partial charge in [0.2, 0.25) is 23.6 Å². The fourth-order valence-electron chi connectivity index (χ4n) is 4.75. The number of aliphatic hydroxyl groups excluding tert-OH is 2. The van der Waals surface area contributed by atoms with Crippen LogP contribution in [0.5, 0.6) is 0 Å². The van der Waals surface area contributed by atoms with Crippen LogP contribution >= 0.6 is 23.5 Å². The molecule has 1 spiro atoms. The summed E-state index contributed by atoms with van der Waals surface area (Å²) in [7, 11) is 0. The fraction of sp³-hybridized carbons (Fsp3) is 0.679. The van der Waals surface area contributed by atoms with Gasteiger partial charge >= 0.3 is 0 Å². The van der Waals surface area contributed by atoms with Gasteiger partial charge in [-0.2, -0.15) is 23.5 Å². The lowest BCUT2D eigenvalue weighted by Crippen LogP contribution is -2.65. The summed E-state index contributed by atoms with van der Waals surface area (Å²) in [5, 5.41) is 30.9. The monoisotopic (exact) mass is 640 g/mol. The molecule has 4 atom stereocenters. The third kappa shape index (κ3) is 10.9. The van der Waals surface area contributed by atoms with E-state index in [0.717, 1.165) is 11.4 Å². The number of hydrogen-bond donors (Lipinski definition) is 7. The van der Waals surface area contributed by atoms with Crippen LogP contribution in [-0.2, 0) is 35.4 Å². The number of hydrogen-bond acceptors (Lipinski definition) is 11. The van der Waals surface area contributed by atoms with Crippen molar-refractivity contribution in [2.75, 3.05) is 31.3 Å². The van der Waals surface area contributed by atoms with Crippen molar-refractivity contribution in [3.8, 4) is 0 Å². The molecule has 1 unspecified atom stereocenters. The van der Waals surface area contributed by atoms with Gasteiger partial charge in [0.1, 0.15) is 23.9 Å². The van der Waals surface area contributed by atoms with Gasteiger partial charge in [-0.15, -0.1) is 0 Å². The van der Waals surface area contributed by atoms with Crippen LogP contribution in [0.25, 0.3) is 0 Å². The molecule has 240 valence electrons. The minimum atomic E-state index is -1.38. The van der Waals surface area contributed by atoms with E-state index in [1.807, 2.05) is 32.0 Å². The smallest absolute Gasteiger partial charge is 0.246 e. The number of pyridine rings is 1. The largest absolute Gasteiger partial charge is 0.394 e. The van der Waals surface area contributed by atoms with E-state index in [9.17, 15) is 29.4 Å². The normalized spacial score (nSPS) is 25.9. The highest BCUT2D eigenvalue weighted by atomic mass is 32.2. The van der Waals surface area contributed by atoms with Crippen molar-refractivity contribution in [2.45, 2.75) is 80.9 Å². The Morgan fingerprint density at radius 2 is 1.67 bits per heavy atom. The van der Waals surface area contributed by atoms with Crippen LogP contribution in [0.2, 0.25) is 0 Å². The van der Waals surface area contributed by atoms with E-state index < -0.39 is 54.2 Å². The molecule has 1 aromatic heterocycles. The van der Waals surface area contributed by atoms with Crippen molar-refractivity contribution in [1.82, 2.24) is 26.3 Å². The predicted octanol–water partition coefficient (Wildman–Crippen LogP) is -0.613. The van der Waals surface area contributed by atoms with Gasteiger partial charge < -0.3 is 42.0 Å². The molecule has 1 fully saturated rings. The Labute approximate surface area is 260 Å². The van der Waals surface area contributed by atoms with E-state index >= 15 is 0 Å². The second-order valence-electron chi connectivity index (χ2n) is 11.2. The first kappa shape index (κ1) is 35.1. The number of thioether (sulfide) groups is 2. The molecule has 0 aromatic carbocycles. The van der Waals surface area contributed by atoms with Crippen molar-refractivity contribution >= 4 is 47.2 Å². The van der Waals surface area contributed by atoms with Crippen LogP contribution in [0, 0.1) is 5.92 Å². The number of carbonyl (C=O) groups excluding carboxylic acids is 4. The predicted molar refractivity (Wildman–Crippen MR) is 165 cm³/mol. The minimum absolute atomic E-state index is 0.00359. The average Bonchev–Trinajstić information content (AvgIpc) is 2.97. The third-order valence-corrected chi connectivity index (χ3v) is 9.27. The summed E-state index contributed by atoms with van der Waals surface area (Å²) in [6.07, 6.45) is -0.447. The maximum atomic E-state index is 13.7. The van der Waals surface area contributed by atoms with Gasteiger partial charge in [0.15, 0.2) is 0 Å². The molecule has 3 heterocycles. The number of aromatic nitrogens is 1. The molecule has 3 rings (SSSR count). The number of aliphatic hydroxyl groups is 2. The molecule has 2 aliphatic heterocycles. The number of nitrogens with two attached hydrogens (primary N) is 1. The first-order chi connectivity index (χ1) is 20.5. The molecule has 15 heteroatoms. The highest BCUT2D eigenvalue weighted by Gasteiger charge is 2.43. The van der Waals surface area contributed by atoms with E-state index in [2.05, 4.69) is 26.3 Å². The Bertz CT molecular complexity index is 1100. The third-order valence-electron chi connectivity index (χ3n) is 7.18. The van der Waals surface area contributed by atoms with Crippen molar-refractivity contribution in [3.05, 3.63) is 29.6 Å². The zero-order valence-corrected chi connectivity index (χ0v) is 26.3. The summed E-state index contributed by atoms with van der Waals surface area (Å²) < 4.78 is 5.46. The SMILES string of the molecule is CC(C)C[C@@H]1NC(=O)C2(CCOCC2)NC(=O)CCSCc2cccc(n2)CSC[C@@H](C(N)O)NC(=O)[C@H](CO)NC1=O. The Balaban J connectivity index is 1.87. The number of nitrogens with one attached hydrogen (secondary N) is 4. The first-order valence-electron chi connectivity index (χ1n) is 14.5. The molecule has 1 aromatic rings. The summed E-state index contributed by atoms with van der Waals surface area (Å²) in [5.74, 6) is -0.293. The van der Waals surface area contributed by atoms with E-state index in [0.29, 0.717) is 17.3 Å². The molecule has 2 bridgehead atoms. The van der Waals surface area contributed by atoms with E-state index in [-0.39, 0.29) is 56.5 Å². The van der Waals surface area contributed by atoms with Crippen LogP contribution < -0.4 is 27.0 Å². The molecular formula is C28H44N6O7S2. The Hall–Kier alpha value is -2.43. The number of fused-ring (bicyclic) bond motifs is 2. The first-order valence-corrected chi connectivity index (χ1v) is 16.8. The van der Waals surface area contributed by atoms with Gasteiger partial charge in [0, 0.05) is 55.5 Å². The van der Waals surface area contributed by atoms with Gasteiger partial charge in [-0.3, -0.25) is 24.2 Å². The summed E-state index contributed by atoms with van der Waals surface area (Å²) in [6, 6.07) is 2.44. The fourth-order valence-corrected chi connectivity index (χ4v) is 6.62. The summed E-state index contributed by atoms with van der Waals surface area (Å²) >= 11 is 2.97. The molecule has 1 saturated heterocycles. The zero-order chi connectivity index (χ0) is 31.4. The molecule has 13 nitrogen and oxygen atoms in total. The van der Waals surface area contributed by atoms with Gasteiger partial charge in [-0.1, -0.05) is 19.9 Å². The molecular weight excluding hydrogens is 596 g/mol. The molecule has 0 aliphatic carbocycles. The molecule has 43 heavy (non-hydrogen) atoms. The lowest BCUT2D eigenvalue weighted by atomic mass is 9.87. The van der Waals surface area contributed by atoms with Crippen molar-refractivity contribution < 1.29 is 34.1 Å². The van der Waals surface area contributed by atoms with Gasteiger partial charge in [-0.25, -0.2) is 0 Å². The van der Waals surface area contributed by atoms with E-state index in [1.54, 1.807) is 11.8 Å². The summed E-state index contributed by atoms with van der Waals surface area (Å²) in [4.78, 5) is 57.8. The van der Waals surface area contributed by atoms with Gasteiger partial charge in [0.25, 0.3) is 0 Å². The molecule has 0 saturated carbocycles.